The van der Waals surface area contributed by atoms with Gasteiger partial charge in [0.1, 0.15) is 0 Å². The van der Waals surface area contributed by atoms with Gasteiger partial charge in [-0.2, -0.15) is 0 Å². The highest BCUT2D eigenvalue weighted by molar-refractivity contribution is 9.10. The summed E-state index contributed by atoms with van der Waals surface area (Å²) < 4.78 is 0.847. The Hall–Kier alpha value is -0.670. The van der Waals surface area contributed by atoms with E-state index in [0.717, 1.165) is 10.8 Å². The summed E-state index contributed by atoms with van der Waals surface area (Å²) in [5, 5.41) is 8.52. The van der Waals surface area contributed by atoms with Gasteiger partial charge in [0.15, 0.2) is 6.29 Å². The van der Waals surface area contributed by atoms with Crippen molar-refractivity contribution in [3.8, 4) is 0 Å². The van der Waals surface area contributed by atoms with E-state index in [-0.39, 0.29) is 0 Å². The topological polar surface area (TPSA) is 37.3 Å². The van der Waals surface area contributed by atoms with Crippen molar-refractivity contribution < 1.29 is 9.90 Å². The first kappa shape index (κ1) is 13.3. The molecule has 0 aliphatic heterocycles. The third-order valence-electron chi connectivity index (χ3n) is 1.03. The Labute approximate surface area is 93.1 Å². The highest BCUT2D eigenvalue weighted by Crippen LogP contribution is 2.12. The molecule has 1 rings (SSSR count). The molecule has 14 heavy (non-hydrogen) atoms. The van der Waals surface area contributed by atoms with Crippen molar-refractivity contribution in [2.45, 2.75) is 26.4 Å². The molecule has 0 fully saturated rings. The van der Waals surface area contributed by atoms with Gasteiger partial charge in [-0.1, -0.05) is 34.1 Å². The summed E-state index contributed by atoms with van der Waals surface area (Å²) in [6.07, 6.45) is 0.823. The Kier molecular flexibility index (Phi) is 5.65. The molecule has 0 radical (unpaired) electrons. The van der Waals surface area contributed by atoms with Gasteiger partial charge in [-0.3, -0.25) is 4.79 Å². The molecule has 1 N–H and O–H groups in total. The summed E-state index contributed by atoms with van der Waals surface area (Å²) in [5.74, 6) is 0. The monoisotopic (exact) mass is 258 g/mol. The molecular weight excluding hydrogens is 244 g/mol. The summed E-state index contributed by atoms with van der Waals surface area (Å²) in [6, 6.07) is 7.30. The zero-order chi connectivity index (χ0) is 11.2. The molecule has 0 aliphatic rings. The van der Waals surface area contributed by atoms with Crippen molar-refractivity contribution >= 4 is 22.2 Å². The molecule has 0 spiro atoms. The van der Waals surface area contributed by atoms with Gasteiger partial charge in [-0.05, 0) is 26.8 Å². The Balaban J connectivity index is 0.000000292. The predicted molar refractivity (Wildman–Crippen MR) is 61.5 cm³/mol. The molecule has 0 bridgehead atoms. The summed E-state index contributed by atoms with van der Waals surface area (Å²) in [7, 11) is 0. The number of carbonyl (C=O) groups excluding carboxylic acids is 1. The fourth-order valence-corrected chi connectivity index (χ4v) is 0.949. The molecule has 0 aliphatic carbocycles. The van der Waals surface area contributed by atoms with Crippen LogP contribution in [0.15, 0.2) is 28.7 Å². The average Bonchev–Trinajstić information content (AvgIpc) is 2.02. The maximum atomic E-state index is 10.2. The standard InChI is InChI=1S/C7H5BrO.C4H10O/c8-7-4-2-1-3-6(7)5-9;1-4(2,3)5/h1-5H;5H,1-3H3. The second-order valence-electron chi connectivity index (χ2n) is 3.81. The molecule has 78 valence electrons. The number of halogens is 1. The van der Waals surface area contributed by atoms with Crippen molar-refractivity contribution in [3.05, 3.63) is 34.3 Å². The van der Waals surface area contributed by atoms with Crippen LogP contribution in [0, 0.1) is 0 Å². The van der Waals surface area contributed by atoms with Gasteiger partial charge >= 0.3 is 0 Å². The van der Waals surface area contributed by atoms with Gasteiger partial charge in [0.05, 0.1) is 5.60 Å². The van der Waals surface area contributed by atoms with Crippen LogP contribution in [0.25, 0.3) is 0 Å². The first-order valence-electron chi connectivity index (χ1n) is 4.26. The molecule has 0 saturated carbocycles. The SMILES string of the molecule is CC(C)(C)O.O=Cc1ccccc1Br. The van der Waals surface area contributed by atoms with E-state index in [1.807, 2.05) is 18.2 Å². The van der Waals surface area contributed by atoms with Gasteiger partial charge < -0.3 is 5.11 Å². The normalized spacial score (nSPS) is 10.1. The first-order valence-corrected chi connectivity index (χ1v) is 5.06. The third kappa shape index (κ3) is 7.95. The van der Waals surface area contributed by atoms with E-state index < -0.39 is 5.60 Å². The van der Waals surface area contributed by atoms with Crippen LogP contribution >= 0.6 is 15.9 Å². The number of hydrogen-bond donors (Lipinski definition) is 1. The molecular formula is C11H15BrO2. The largest absolute Gasteiger partial charge is 0.391 e. The zero-order valence-corrected chi connectivity index (χ0v) is 10.2. The minimum absolute atomic E-state index is 0.500. The highest BCUT2D eigenvalue weighted by Gasteiger charge is 1.97. The maximum absolute atomic E-state index is 10.2. The number of aldehydes is 1. The fourth-order valence-electron chi connectivity index (χ4n) is 0.571. The lowest BCUT2D eigenvalue weighted by Crippen LogP contribution is -2.10. The van der Waals surface area contributed by atoms with E-state index in [4.69, 9.17) is 5.11 Å². The smallest absolute Gasteiger partial charge is 0.151 e. The number of hydrogen-bond acceptors (Lipinski definition) is 2. The van der Waals surface area contributed by atoms with Gasteiger partial charge in [0.2, 0.25) is 0 Å². The van der Waals surface area contributed by atoms with Crippen LogP contribution < -0.4 is 0 Å². The Morgan fingerprint density at radius 2 is 1.71 bits per heavy atom. The molecule has 0 heterocycles. The molecule has 0 atom stereocenters. The molecule has 2 nitrogen and oxygen atoms in total. The van der Waals surface area contributed by atoms with Gasteiger partial charge in [-0.25, -0.2) is 0 Å². The van der Waals surface area contributed by atoms with E-state index in [2.05, 4.69) is 15.9 Å². The summed E-state index contributed by atoms with van der Waals surface area (Å²) in [5.41, 5.74) is 0.192. The van der Waals surface area contributed by atoms with E-state index in [9.17, 15) is 4.79 Å². The van der Waals surface area contributed by atoms with E-state index >= 15 is 0 Å². The first-order chi connectivity index (χ1) is 6.34. The molecule has 1 aromatic rings. The Morgan fingerprint density at radius 3 is 2.00 bits per heavy atom. The lowest BCUT2D eigenvalue weighted by molar-refractivity contribution is 0.102. The van der Waals surface area contributed by atoms with Crippen LogP contribution in [0.5, 0.6) is 0 Å². The molecule has 1 aromatic carbocycles. The van der Waals surface area contributed by atoms with Crippen LogP contribution in [-0.4, -0.2) is 17.0 Å². The third-order valence-corrected chi connectivity index (χ3v) is 1.75. The van der Waals surface area contributed by atoms with Crippen molar-refractivity contribution in [2.75, 3.05) is 0 Å². The molecule has 0 saturated heterocycles. The number of rotatable bonds is 1. The molecule has 0 amide bonds. The average molecular weight is 259 g/mol. The van der Waals surface area contributed by atoms with Crippen molar-refractivity contribution in [1.82, 2.24) is 0 Å². The van der Waals surface area contributed by atoms with Crippen molar-refractivity contribution in [3.63, 3.8) is 0 Å². The van der Waals surface area contributed by atoms with Crippen LogP contribution in [0.1, 0.15) is 31.1 Å². The van der Waals surface area contributed by atoms with Gasteiger partial charge in [0.25, 0.3) is 0 Å². The second kappa shape index (κ2) is 5.94. The summed E-state index contributed by atoms with van der Waals surface area (Å²) in [4.78, 5) is 10.2. The maximum Gasteiger partial charge on any atom is 0.151 e. The minimum Gasteiger partial charge on any atom is -0.391 e. The van der Waals surface area contributed by atoms with Crippen molar-refractivity contribution in [2.24, 2.45) is 0 Å². The summed E-state index contributed by atoms with van der Waals surface area (Å²) in [6.45, 7) is 5.23. The van der Waals surface area contributed by atoms with E-state index in [1.54, 1.807) is 26.8 Å². The van der Waals surface area contributed by atoms with Crippen LogP contribution in [0.3, 0.4) is 0 Å². The van der Waals surface area contributed by atoms with E-state index in [0.29, 0.717) is 5.56 Å². The minimum atomic E-state index is -0.500. The van der Waals surface area contributed by atoms with E-state index in [1.165, 1.54) is 0 Å². The van der Waals surface area contributed by atoms with Crippen LogP contribution in [0.4, 0.5) is 0 Å². The van der Waals surface area contributed by atoms with Gasteiger partial charge in [-0.15, -0.1) is 0 Å². The fraction of sp³-hybridized carbons (Fsp3) is 0.364. The van der Waals surface area contributed by atoms with Crippen molar-refractivity contribution in [1.29, 1.82) is 0 Å². The van der Waals surface area contributed by atoms with Gasteiger partial charge in [0, 0.05) is 10.0 Å². The molecule has 3 heteroatoms. The predicted octanol–water partition coefficient (Wildman–Crippen LogP) is 3.04. The molecule has 0 unspecified atom stereocenters. The molecule has 0 aromatic heterocycles. The van der Waals surface area contributed by atoms with Crippen LogP contribution in [0.2, 0.25) is 0 Å². The lowest BCUT2D eigenvalue weighted by atomic mass is 10.2. The Morgan fingerprint density at radius 1 is 1.29 bits per heavy atom. The quantitative estimate of drug-likeness (QED) is 0.787. The highest BCUT2D eigenvalue weighted by atomic mass is 79.9. The zero-order valence-electron chi connectivity index (χ0n) is 8.62. The van der Waals surface area contributed by atoms with Crippen LogP contribution in [-0.2, 0) is 0 Å². The number of carbonyl (C=O) groups is 1. The number of benzene rings is 1. The summed E-state index contributed by atoms with van der Waals surface area (Å²) >= 11 is 3.23. The Bertz CT molecular complexity index is 284. The lowest BCUT2D eigenvalue weighted by Gasteiger charge is -2.04. The number of aliphatic hydroxyl groups is 1. The second-order valence-corrected chi connectivity index (χ2v) is 4.66.